The minimum atomic E-state index is 1.12. The molecule has 1 aromatic carbocycles. The number of anilines is 1. The van der Waals surface area contributed by atoms with Crippen molar-refractivity contribution in [3.63, 3.8) is 0 Å². The highest BCUT2D eigenvalue weighted by Crippen LogP contribution is 2.28. The highest BCUT2D eigenvalue weighted by molar-refractivity contribution is 9.10. The van der Waals surface area contributed by atoms with Crippen LogP contribution < -0.4 is 3.93 Å². The Morgan fingerprint density at radius 2 is 2.09 bits per heavy atom. The van der Waals surface area contributed by atoms with Gasteiger partial charge in [-0.2, -0.15) is 0 Å². The van der Waals surface area contributed by atoms with E-state index >= 15 is 0 Å². The summed E-state index contributed by atoms with van der Waals surface area (Å²) in [6.45, 7) is 1.12. The number of hydrogen-bond donors (Lipinski definition) is 0. The third kappa shape index (κ3) is 1.27. The largest absolute Gasteiger partial charge is 0.309 e. The first-order valence-electron chi connectivity index (χ1n) is 3.89. The lowest BCUT2D eigenvalue weighted by molar-refractivity contribution is 0.800. The molecule has 1 aromatic rings. The molecule has 0 fully saturated rings. The van der Waals surface area contributed by atoms with Gasteiger partial charge in [-0.05, 0) is 24.5 Å². The van der Waals surface area contributed by atoms with Crippen LogP contribution in [0.3, 0.4) is 0 Å². The Labute approximate surface area is 75.4 Å². The Hall–Kier alpha value is -0.500. The molecule has 0 radical (unpaired) electrons. The molecule has 0 saturated carbocycles. The van der Waals surface area contributed by atoms with Crippen LogP contribution in [0.5, 0.6) is 0 Å². The molecule has 1 aliphatic rings. The van der Waals surface area contributed by atoms with Crippen molar-refractivity contribution in [2.45, 2.75) is 12.8 Å². The normalized spacial score (nSPS) is 16.3. The molecule has 0 aliphatic carbocycles. The quantitative estimate of drug-likeness (QED) is 0.597. The molecule has 0 saturated heterocycles. The number of rotatable bonds is 0. The van der Waals surface area contributed by atoms with Gasteiger partial charge in [-0.15, -0.1) is 0 Å². The molecular weight excluding hydrogens is 202 g/mol. The number of hydrogen-bond acceptors (Lipinski definition) is 1. The Kier molecular flexibility index (Phi) is 1.86. The second kappa shape index (κ2) is 2.86. The zero-order chi connectivity index (χ0) is 7.68. The summed E-state index contributed by atoms with van der Waals surface area (Å²) >= 11 is 3.52. The van der Waals surface area contributed by atoms with Gasteiger partial charge in [-0.25, -0.2) is 0 Å². The van der Waals surface area contributed by atoms with Crippen molar-refractivity contribution in [3.05, 3.63) is 29.8 Å². The molecule has 11 heavy (non-hydrogen) atoms. The third-order valence-electron chi connectivity index (χ3n) is 2.05. The molecule has 2 rings (SSSR count). The van der Waals surface area contributed by atoms with Gasteiger partial charge in [-0.3, -0.25) is 0 Å². The monoisotopic (exact) mass is 211 g/mol. The van der Waals surface area contributed by atoms with Gasteiger partial charge in [0.05, 0.1) is 5.69 Å². The number of aryl methyl sites for hydroxylation is 1. The summed E-state index contributed by atoms with van der Waals surface area (Å²) < 4.78 is 2.14. The van der Waals surface area contributed by atoms with Crippen molar-refractivity contribution >= 4 is 21.8 Å². The Morgan fingerprint density at radius 1 is 1.27 bits per heavy atom. The van der Waals surface area contributed by atoms with E-state index in [0.717, 1.165) is 6.54 Å². The topological polar surface area (TPSA) is 3.24 Å². The number of benzene rings is 1. The van der Waals surface area contributed by atoms with E-state index in [1.807, 2.05) is 0 Å². The fraction of sp³-hybridized carbons (Fsp3) is 0.333. The van der Waals surface area contributed by atoms with E-state index in [2.05, 4.69) is 44.3 Å². The van der Waals surface area contributed by atoms with Crippen molar-refractivity contribution < 1.29 is 0 Å². The van der Waals surface area contributed by atoms with Crippen LogP contribution in [-0.2, 0) is 6.42 Å². The van der Waals surface area contributed by atoms with E-state index < -0.39 is 0 Å². The van der Waals surface area contributed by atoms with Gasteiger partial charge in [0.1, 0.15) is 0 Å². The summed E-state index contributed by atoms with van der Waals surface area (Å²) in [6.07, 6.45) is 2.47. The summed E-state index contributed by atoms with van der Waals surface area (Å²) in [5.74, 6) is 0. The minimum Gasteiger partial charge on any atom is -0.309 e. The van der Waals surface area contributed by atoms with Gasteiger partial charge in [0, 0.05) is 22.7 Å². The molecule has 0 spiro atoms. The molecule has 0 atom stereocenters. The first kappa shape index (κ1) is 7.17. The Bertz CT molecular complexity index is 259. The first-order chi connectivity index (χ1) is 5.38. The first-order valence-corrected chi connectivity index (χ1v) is 4.60. The van der Waals surface area contributed by atoms with E-state index in [9.17, 15) is 0 Å². The van der Waals surface area contributed by atoms with Gasteiger partial charge in [0.2, 0.25) is 0 Å². The summed E-state index contributed by atoms with van der Waals surface area (Å²) in [5.41, 5.74) is 2.79. The molecule has 1 nitrogen and oxygen atoms in total. The summed E-state index contributed by atoms with van der Waals surface area (Å²) in [6, 6.07) is 8.54. The average molecular weight is 212 g/mol. The van der Waals surface area contributed by atoms with Crippen molar-refractivity contribution in [1.82, 2.24) is 0 Å². The second-order valence-corrected chi connectivity index (χ2v) is 3.67. The van der Waals surface area contributed by atoms with Crippen LogP contribution in [0.25, 0.3) is 0 Å². The smallest absolute Gasteiger partial charge is 0.0502 e. The van der Waals surface area contributed by atoms with Crippen LogP contribution in [0.4, 0.5) is 5.69 Å². The van der Waals surface area contributed by atoms with Crippen LogP contribution in [0, 0.1) is 0 Å². The molecule has 58 valence electrons. The molecule has 1 aliphatic heterocycles. The lowest BCUT2D eigenvalue weighted by Crippen LogP contribution is -2.18. The van der Waals surface area contributed by atoms with Crippen LogP contribution in [0.15, 0.2) is 24.3 Å². The van der Waals surface area contributed by atoms with Gasteiger partial charge < -0.3 is 3.93 Å². The molecule has 0 amide bonds. The van der Waals surface area contributed by atoms with E-state index in [-0.39, 0.29) is 0 Å². The summed E-state index contributed by atoms with van der Waals surface area (Å²) in [5, 5.41) is 0. The summed E-state index contributed by atoms with van der Waals surface area (Å²) in [4.78, 5) is 0. The zero-order valence-corrected chi connectivity index (χ0v) is 7.84. The molecule has 0 bridgehead atoms. The standard InChI is InChI=1S/C9H10BrN/c10-11-7-3-5-8-4-1-2-6-9(8)11/h1-2,4,6H,3,5,7H2. The zero-order valence-electron chi connectivity index (χ0n) is 6.26. The van der Waals surface area contributed by atoms with Crippen molar-refractivity contribution in [2.24, 2.45) is 0 Å². The Balaban J connectivity index is 2.44. The van der Waals surface area contributed by atoms with E-state index in [1.165, 1.54) is 24.1 Å². The lowest BCUT2D eigenvalue weighted by Gasteiger charge is -2.24. The predicted octanol–water partition coefficient (Wildman–Crippen LogP) is 2.75. The summed E-state index contributed by atoms with van der Waals surface area (Å²) in [7, 11) is 0. The molecular formula is C9H10BrN. The maximum atomic E-state index is 3.52. The van der Waals surface area contributed by atoms with Crippen LogP contribution in [-0.4, -0.2) is 6.54 Å². The van der Waals surface area contributed by atoms with Crippen LogP contribution in [0.2, 0.25) is 0 Å². The second-order valence-electron chi connectivity index (χ2n) is 2.82. The van der Waals surface area contributed by atoms with E-state index in [4.69, 9.17) is 0 Å². The van der Waals surface area contributed by atoms with E-state index in [1.54, 1.807) is 0 Å². The maximum Gasteiger partial charge on any atom is 0.0502 e. The van der Waals surface area contributed by atoms with Crippen LogP contribution >= 0.6 is 16.1 Å². The molecule has 0 aromatic heterocycles. The highest BCUT2D eigenvalue weighted by atomic mass is 79.9. The van der Waals surface area contributed by atoms with Crippen LogP contribution in [0.1, 0.15) is 12.0 Å². The number of halogens is 1. The maximum absolute atomic E-state index is 3.52. The predicted molar refractivity (Wildman–Crippen MR) is 51.0 cm³/mol. The van der Waals surface area contributed by atoms with E-state index in [0.29, 0.717) is 0 Å². The molecule has 2 heteroatoms. The highest BCUT2D eigenvalue weighted by Gasteiger charge is 2.12. The van der Waals surface area contributed by atoms with Gasteiger partial charge in [0.15, 0.2) is 0 Å². The molecule has 0 N–H and O–H groups in total. The fourth-order valence-electron chi connectivity index (χ4n) is 1.49. The number of nitrogens with zero attached hydrogens (tertiary/aromatic N) is 1. The van der Waals surface area contributed by atoms with Crippen molar-refractivity contribution in [1.29, 1.82) is 0 Å². The SMILES string of the molecule is BrN1CCCc2ccccc21. The van der Waals surface area contributed by atoms with Gasteiger partial charge in [-0.1, -0.05) is 18.2 Å². The van der Waals surface area contributed by atoms with Crippen molar-refractivity contribution in [3.8, 4) is 0 Å². The number of para-hydroxylation sites is 1. The fourth-order valence-corrected chi connectivity index (χ4v) is 2.08. The third-order valence-corrected chi connectivity index (χ3v) is 2.79. The minimum absolute atomic E-state index is 1.12. The molecule has 0 unspecified atom stereocenters. The average Bonchev–Trinajstić information content (AvgIpc) is 2.06. The van der Waals surface area contributed by atoms with Gasteiger partial charge >= 0.3 is 0 Å². The van der Waals surface area contributed by atoms with Gasteiger partial charge in [0.25, 0.3) is 0 Å². The molecule has 1 heterocycles. The van der Waals surface area contributed by atoms with Crippen molar-refractivity contribution in [2.75, 3.05) is 10.5 Å². The lowest BCUT2D eigenvalue weighted by atomic mass is 10.0. The number of fused-ring (bicyclic) bond motifs is 1. The Morgan fingerprint density at radius 3 is 2.91 bits per heavy atom.